The van der Waals surface area contributed by atoms with Gasteiger partial charge in [0.25, 0.3) is 0 Å². The van der Waals surface area contributed by atoms with E-state index in [0.29, 0.717) is 5.56 Å². The fourth-order valence-electron chi connectivity index (χ4n) is 1.88. The van der Waals surface area contributed by atoms with E-state index in [0.717, 1.165) is 0 Å². The van der Waals surface area contributed by atoms with E-state index < -0.39 is 12.7 Å². The summed E-state index contributed by atoms with van der Waals surface area (Å²) < 4.78 is 35.6. The van der Waals surface area contributed by atoms with E-state index in [1.807, 2.05) is 13.8 Å². The lowest BCUT2D eigenvalue weighted by atomic mass is 9.89. The fourth-order valence-corrected chi connectivity index (χ4v) is 1.88. The minimum atomic E-state index is -3.31. The van der Waals surface area contributed by atoms with Gasteiger partial charge >= 0.3 is 6.11 Å². The number of fused-ring (bicyclic) bond motifs is 1. The molecule has 0 spiro atoms. The summed E-state index contributed by atoms with van der Waals surface area (Å²) in [7, 11) is 0. The average Bonchev–Trinajstić information content (AvgIpc) is 2.27. The van der Waals surface area contributed by atoms with E-state index >= 15 is 0 Å². The molecule has 0 saturated carbocycles. The minimum absolute atomic E-state index is 0.00958. The van der Waals surface area contributed by atoms with Gasteiger partial charge in [-0.25, -0.2) is 0 Å². The second-order valence-electron chi connectivity index (χ2n) is 4.59. The molecule has 1 aliphatic heterocycles. The zero-order valence-electron chi connectivity index (χ0n) is 10.1. The van der Waals surface area contributed by atoms with Crippen LogP contribution in [0.4, 0.5) is 8.78 Å². The molecule has 5 heteroatoms. The van der Waals surface area contributed by atoms with Gasteiger partial charge in [-0.05, 0) is 23.6 Å². The van der Waals surface area contributed by atoms with Crippen LogP contribution in [0, 0.1) is 17.2 Å². The first-order chi connectivity index (χ1) is 8.43. The number of halogens is 2. The number of ether oxygens (including phenoxy) is 2. The molecule has 0 aromatic heterocycles. The molecule has 1 aromatic carbocycles. The monoisotopic (exact) mass is 253 g/mol. The molecule has 1 aliphatic rings. The van der Waals surface area contributed by atoms with E-state index in [1.54, 1.807) is 12.1 Å². The number of rotatable bonds is 2. The van der Waals surface area contributed by atoms with Crippen molar-refractivity contribution in [2.45, 2.75) is 25.9 Å². The molecule has 0 bridgehead atoms. The van der Waals surface area contributed by atoms with Crippen molar-refractivity contribution in [1.82, 2.24) is 0 Å². The molecule has 18 heavy (non-hydrogen) atoms. The third-order valence-corrected chi connectivity index (χ3v) is 2.79. The van der Waals surface area contributed by atoms with Crippen molar-refractivity contribution in [3.63, 3.8) is 0 Å². The summed E-state index contributed by atoms with van der Waals surface area (Å²) in [6, 6.07) is 6.89. The SMILES string of the molecule is CC(C)C(C#N)c1ccc2c(c1)OC(F)(F)CO2. The molecule has 0 radical (unpaired) electrons. The van der Waals surface area contributed by atoms with Crippen LogP contribution in [-0.2, 0) is 0 Å². The van der Waals surface area contributed by atoms with Crippen LogP contribution in [0.15, 0.2) is 18.2 Å². The van der Waals surface area contributed by atoms with Crippen LogP contribution in [0.3, 0.4) is 0 Å². The predicted octanol–water partition coefficient (Wildman–Crippen LogP) is 3.31. The molecule has 3 nitrogen and oxygen atoms in total. The Labute approximate surface area is 104 Å². The van der Waals surface area contributed by atoms with Crippen molar-refractivity contribution in [3.8, 4) is 17.6 Å². The topological polar surface area (TPSA) is 42.2 Å². The van der Waals surface area contributed by atoms with Crippen LogP contribution in [0.5, 0.6) is 11.5 Å². The first-order valence-corrected chi connectivity index (χ1v) is 5.66. The van der Waals surface area contributed by atoms with Gasteiger partial charge in [-0.1, -0.05) is 19.9 Å². The van der Waals surface area contributed by atoms with Crippen molar-refractivity contribution in [1.29, 1.82) is 5.26 Å². The lowest BCUT2D eigenvalue weighted by molar-refractivity contribution is -0.208. The lowest BCUT2D eigenvalue weighted by Crippen LogP contribution is -2.36. The number of benzene rings is 1. The Morgan fingerprint density at radius 2 is 2.06 bits per heavy atom. The van der Waals surface area contributed by atoms with E-state index in [4.69, 9.17) is 10.00 Å². The summed E-state index contributed by atoms with van der Waals surface area (Å²) in [5, 5.41) is 9.09. The molecule has 0 N–H and O–H groups in total. The maximum Gasteiger partial charge on any atom is 0.433 e. The third-order valence-electron chi connectivity index (χ3n) is 2.79. The second-order valence-corrected chi connectivity index (χ2v) is 4.59. The van der Waals surface area contributed by atoms with Crippen LogP contribution in [0.2, 0.25) is 0 Å². The maximum absolute atomic E-state index is 13.0. The summed E-state index contributed by atoms with van der Waals surface area (Å²) in [5.74, 6) is 0.0160. The number of hydrogen-bond donors (Lipinski definition) is 0. The van der Waals surface area contributed by atoms with Crippen molar-refractivity contribution < 1.29 is 18.3 Å². The van der Waals surface area contributed by atoms with Gasteiger partial charge < -0.3 is 9.47 Å². The smallest absolute Gasteiger partial charge is 0.433 e. The van der Waals surface area contributed by atoms with E-state index in [2.05, 4.69) is 10.8 Å². The molecular weight excluding hydrogens is 240 g/mol. The Balaban J connectivity index is 2.35. The Kier molecular flexibility index (Phi) is 3.12. The highest BCUT2D eigenvalue weighted by Gasteiger charge is 2.38. The van der Waals surface area contributed by atoms with Crippen LogP contribution < -0.4 is 9.47 Å². The normalized spacial score (nSPS) is 18.2. The number of alkyl halides is 2. The molecule has 1 atom stereocenters. The van der Waals surface area contributed by atoms with Crippen LogP contribution in [-0.4, -0.2) is 12.7 Å². The Hall–Kier alpha value is -1.83. The van der Waals surface area contributed by atoms with E-state index in [9.17, 15) is 8.78 Å². The number of nitrogens with zero attached hydrogens (tertiary/aromatic N) is 1. The Bertz CT molecular complexity index is 494. The Morgan fingerprint density at radius 3 is 2.67 bits per heavy atom. The van der Waals surface area contributed by atoms with Crippen molar-refractivity contribution in [2.24, 2.45) is 5.92 Å². The highest BCUT2D eigenvalue weighted by atomic mass is 19.3. The summed E-state index contributed by atoms with van der Waals surface area (Å²) >= 11 is 0. The average molecular weight is 253 g/mol. The van der Waals surface area contributed by atoms with E-state index in [-0.39, 0.29) is 23.3 Å². The summed E-state index contributed by atoms with van der Waals surface area (Å²) in [4.78, 5) is 0. The van der Waals surface area contributed by atoms with Crippen molar-refractivity contribution >= 4 is 0 Å². The maximum atomic E-state index is 13.0. The predicted molar refractivity (Wildman–Crippen MR) is 60.7 cm³/mol. The molecule has 1 heterocycles. The standard InChI is InChI=1S/C13H13F2NO2/c1-8(2)10(6-16)9-3-4-11-12(5-9)18-13(14,15)7-17-11/h3-5,8,10H,7H2,1-2H3. The molecule has 1 aromatic rings. The second kappa shape index (κ2) is 4.45. The first-order valence-electron chi connectivity index (χ1n) is 5.66. The zero-order chi connectivity index (χ0) is 13.3. The highest BCUT2D eigenvalue weighted by Crippen LogP contribution is 2.39. The molecule has 2 rings (SSSR count). The summed E-state index contributed by atoms with van der Waals surface area (Å²) in [6.07, 6.45) is -3.31. The first kappa shape index (κ1) is 12.6. The van der Waals surface area contributed by atoms with Crippen LogP contribution >= 0.6 is 0 Å². The van der Waals surface area contributed by atoms with Gasteiger partial charge in [0.2, 0.25) is 0 Å². The summed E-state index contributed by atoms with van der Waals surface area (Å²) in [5.41, 5.74) is 0.660. The molecule has 1 unspecified atom stereocenters. The van der Waals surface area contributed by atoms with Gasteiger partial charge in [0.05, 0.1) is 12.0 Å². The van der Waals surface area contributed by atoms with E-state index in [1.165, 1.54) is 6.07 Å². The van der Waals surface area contributed by atoms with Crippen LogP contribution in [0.25, 0.3) is 0 Å². The molecule has 0 aliphatic carbocycles. The largest absolute Gasteiger partial charge is 0.479 e. The van der Waals surface area contributed by atoms with Crippen molar-refractivity contribution in [3.05, 3.63) is 23.8 Å². The van der Waals surface area contributed by atoms with Gasteiger partial charge in [0.1, 0.15) is 0 Å². The molecule has 96 valence electrons. The molecule has 0 fully saturated rings. The van der Waals surface area contributed by atoms with Gasteiger partial charge in [-0.2, -0.15) is 14.0 Å². The highest BCUT2D eigenvalue weighted by molar-refractivity contribution is 5.46. The molecule has 0 saturated heterocycles. The van der Waals surface area contributed by atoms with Crippen molar-refractivity contribution in [2.75, 3.05) is 6.61 Å². The third kappa shape index (κ3) is 2.37. The van der Waals surface area contributed by atoms with Gasteiger partial charge in [0, 0.05) is 0 Å². The summed E-state index contributed by atoms with van der Waals surface area (Å²) in [6.45, 7) is 3.02. The minimum Gasteiger partial charge on any atom is -0.479 e. The number of hydrogen-bond acceptors (Lipinski definition) is 3. The lowest BCUT2D eigenvalue weighted by Gasteiger charge is -2.26. The van der Waals surface area contributed by atoms with Gasteiger partial charge in [-0.3, -0.25) is 0 Å². The van der Waals surface area contributed by atoms with Gasteiger partial charge in [-0.15, -0.1) is 0 Å². The molecular formula is C13H13F2NO2. The molecule has 0 amide bonds. The number of nitriles is 1. The van der Waals surface area contributed by atoms with Crippen LogP contribution in [0.1, 0.15) is 25.3 Å². The zero-order valence-corrected chi connectivity index (χ0v) is 10.1. The fraction of sp³-hybridized carbons (Fsp3) is 0.462. The Morgan fingerprint density at radius 1 is 1.33 bits per heavy atom. The quantitative estimate of drug-likeness (QED) is 0.812. The van der Waals surface area contributed by atoms with Gasteiger partial charge in [0.15, 0.2) is 18.1 Å².